The third-order valence-electron chi connectivity index (χ3n) is 7.18. The molecule has 0 bridgehead atoms. The first kappa shape index (κ1) is 23.8. The van der Waals surface area contributed by atoms with Gasteiger partial charge in [0.1, 0.15) is 11.3 Å². The molecule has 2 aliphatic rings. The van der Waals surface area contributed by atoms with Gasteiger partial charge in [-0.1, -0.05) is 29.5 Å². The lowest BCUT2D eigenvalue weighted by molar-refractivity contribution is 0.0695. The number of aryl methyl sites for hydroxylation is 1. The predicted molar refractivity (Wildman–Crippen MR) is 143 cm³/mol. The van der Waals surface area contributed by atoms with E-state index in [4.69, 9.17) is 4.74 Å². The fourth-order valence-electron chi connectivity index (χ4n) is 5.18. The summed E-state index contributed by atoms with van der Waals surface area (Å²) in [6.45, 7) is 0.749. The van der Waals surface area contributed by atoms with Gasteiger partial charge in [0, 0.05) is 31.0 Å². The molecule has 8 nitrogen and oxygen atoms in total. The molecular weight excluding hydrogens is 486 g/mol. The van der Waals surface area contributed by atoms with Gasteiger partial charge in [-0.2, -0.15) is 16.9 Å². The summed E-state index contributed by atoms with van der Waals surface area (Å²) in [5.41, 5.74) is 4.73. The molecule has 2 fully saturated rings. The van der Waals surface area contributed by atoms with Crippen molar-refractivity contribution in [3.8, 4) is 22.6 Å². The highest BCUT2D eigenvalue weighted by molar-refractivity contribution is 7.99. The molecule has 37 heavy (non-hydrogen) atoms. The van der Waals surface area contributed by atoms with Crippen LogP contribution >= 0.6 is 11.8 Å². The second kappa shape index (κ2) is 10.0. The van der Waals surface area contributed by atoms with Gasteiger partial charge >= 0.3 is 5.97 Å². The SMILES string of the molecule is Cn1cc([C@@H]2C[C@H]2c2c(C(=O)O)cnn2-c2cccc(-c3cccc(OCC4CCCSC4)c3)c2)nn1. The molecule has 1 unspecified atom stereocenters. The molecule has 0 spiro atoms. The van der Waals surface area contributed by atoms with E-state index in [1.165, 1.54) is 30.5 Å². The fourth-order valence-corrected chi connectivity index (χ4v) is 6.31. The molecule has 1 aliphatic heterocycles. The van der Waals surface area contributed by atoms with Crippen LogP contribution in [0.4, 0.5) is 0 Å². The Kier molecular flexibility index (Phi) is 6.46. The van der Waals surface area contributed by atoms with Gasteiger partial charge in [0.25, 0.3) is 0 Å². The van der Waals surface area contributed by atoms with Gasteiger partial charge in [-0.3, -0.25) is 4.68 Å². The monoisotopic (exact) mass is 515 g/mol. The maximum atomic E-state index is 12.0. The minimum Gasteiger partial charge on any atom is -0.493 e. The van der Waals surface area contributed by atoms with Gasteiger partial charge in [-0.05, 0) is 66.2 Å². The first-order chi connectivity index (χ1) is 18.1. The second-order valence-electron chi connectivity index (χ2n) is 9.90. The summed E-state index contributed by atoms with van der Waals surface area (Å²) in [7, 11) is 1.83. The molecule has 2 aromatic carbocycles. The summed E-state index contributed by atoms with van der Waals surface area (Å²) in [5, 5.41) is 22.7. The average Bonchev–Trinajstić information content (AvgIpc) is 3.37. The number of carboxylic acids is 1. The summed E-state index contributed by atoms with van der Waals surface area (Å²) in [4.78, 5) is 12.0. The molecule has 4 aromatic rings. The van der Waals surface area contributed by atoms with Gasteiger partial charge in [0.2, 0.25) is 0 Å². The van der Waals surface area contributed by atoms with Gasteiger partial charge < -0.3 is 9.84 Å². The number of hydrogen-bond donors (Lipinski definition) is 1. The number of carboxylic acid groups (broad SMARTS) is 1. The van der Waals surface area contributed by atoms with Crippen LogP contribution in [0.1, 0.15) is 52.8 Å². The van der Waals surface area contributed by atoms with Crippen LogP contribution in [0, 0.1) is 5.92 Å². The summed E-state index contributed by atoms with van der Waals surface area (Å²) in [6, 6.07) is 16.2. The molecule has 0 radical (unpaired) electrons. The van der Waals surface area contributed by atoms with Crippen LogP contribution < -0.4 is 4.74 Å². The standard InChI is InChI=1S/C28H29N5O3S/c1-32-15-26(30-31-32)23-13-24(23)27-25(28(34)35)14-29-33(27)21-8-2-6-19(11-21)20-7-3-9-22(12-20)36-16-18-5-4-10-37-17-18/h2-3,6-9,11-12,14-15,18,23-24H,4-5,10,13,16-17H2,1H3,(H,34,35)/t18?,23-,24-/m1/s1. The Morgan fingerprint density at radius 2 is 2.00 bits per heavy atom. The third kappa shape index (κ3) is 5.00. The molecule has 2 aromatic heterocycles. The maximum absolute atomic E-state index is 12.0. The number of thioether (sulfide) groups is 1. The molecule has 0 amide bonds. The normalized spacial score (nSPS) is 21.1. The van der Waals surface area contributed by atoms with Gasteiger partial charge in [-0.25, -0.2) is 9.48 Å². The zero-order valence-electron chi connectivity index (χ0n) is 20.7. The minimum atomic E-state index is -0.969. The lowest BCUT2D eigenvalue weighted by Crippen LogP contribution is -2.18. The highest BCUT2D eigenvalue weighted by Crippen LogP contribution is 2.55. The number of carbonyl (C=O) groups is 1. The number of aromatic carboxylic acids is 1. The zero-order valence-corrected chi connectivity index (χ0v) is 21.5. The highest BCUT2D eigenvalue weighted by atomic mass is 32.2. The number of ether oxygens (including phenoxy) is 1. The molecule has 1 saturated carbocycles. The van der Waals surface area contributed by atoms with Gasteiger partial charge in [0.15, 0.2) is 0 Å². The van der Waals surface area contributed by atoms with Crippen LogP contribution in [0.25, 0.3) is 16.8 Å². The van der Waals surface area contributed by atoms with Crippen molar-refractivity contribution < 1.29 is 14.6 Å². The second-order valence-corrected chi connectivity index (χ2v) is 11.0. The van der Waals surface area contributed by atoms with Crippen molar-refractivity contribution in [1.29, 1.82) is 0 Å². The summed E-state index contributed by atoms with van der Waals surface area (Å²) in [6.07, 6.45) is 6.68. The lowest BCUT2D eigenvalue weighted by atomic mass is 10.0. The Labute approximate surface area is 219 Å². The molecule has 190 valence electrons. The lowest BCUT2D eigenvalue weighted by Gasteiger charge is -2.21. The van der Waals surface area contributed by atoms with E-state index in [0.29, 0.717) is 11.6 Å². The summed E-state index contributed by atoms with van der Waals surface area (Å²) >= 11 is 2.02. The van der Waals surface area contributed by atoms with Crippen molar-refractivity contribution >= 4 is 17.7 Å². The van der Waals surface area contributed by atoms with Crippen LogP contribution in [0.15, 0.2) is 60.9 Å². The Balaban J connectivity index is 1.27. The van der Waals surface area contributed by atoms with Crippen LogP contribution in [0.3, 0.4) is 0 Å². The number of benzene rings is 2. The van der Waals surface area contributed by atoms with E-state index in [9.17, 15) is 9.90 Å². The van der Waals surface area contributed by atoms with E-state index in [0.717, 1.165) is 41.3 Å². The van der Waals surface area contributed by atoms with Crippen LogP contribution in [-0.2, 0) is 7.05 Å². The Bertz CT molecular complexity index is 1420. The van der Waals surface area contributed by atoms with Crippen molar-refractivity contribution in [1.82, 2.24) is 24.8 Å². The zero-order chi connectivity index (χ0) is 25.4. The molecule has 3 atom stereocenters. The third-order valence-corrected chi connectivity index (χ3v) is 8.46. The summed E-state index contributed by atoms with van der Waals surface area (Å²) < 4.78 is 9.61. The summed E-state index contributed by atoms with van der Waals surface area (Å²) in [5.74, 6) is 3.12. The van der Waals surface area contributed by atoms with Crippen molar-refractivity contribution in [2.24, 2.45) is 13.0 Å². The minimum absolute atomic E-state index is 0.0311. The molecule has 6 rings (SSSR count). The highest BCUT2D eigenvalue weighted by Gasteiger charge is 2.46. The maximum Gasteiger partial charge on any atom is 0.339 e. The van der Waals surface area contributed by atoms with Crippen molar-refractivity contribution in [2.45, 2.75) is 31.1 Å². The Morgan fingerprint density at radius 3 is 2.76 bits per heavy atom. The van der Waals surface area contributed by atoms with E-state index in [-0.39, 0.29) is 17.4 Å². The van der Waals surface area contributed by atoms with E-state index in [1.807, 2.05) is 49.3 Å². The smallest absolute Gasteiger partial charge is 0.339 e. The molecule has 9 heteroatoms. The number of rotatable bonds is 8. The fraction of sp³-hybridized carbons (Fsp3) is 0.357. The largest absolute Gasteiger partial charge is 0.493 e. The van der Waals surface area contributed by atoms with Crippen molar-refractivity contribution in [2.75, 3.05) is 18.1 Å². The van der Waals surface area contributed by atoms with Gasteiger partial charge in [0.05, 0.1) is 29.9 Å². The number of nitrogens with zero attached hydrogens (tertiary/aromatic N) is 5. The van der Waals surface area contributed by atoms with E-state index in [2.05, 4.69) is 39.7 Å². The number of hydrogen-bond acceptors (Lipinski definition) is 6. The van der Waals surface area contributed by atoms with Crippen molar-refractivity contribution in [3.05, 3.63) is 77.9 Å². The van der Waals surface area contributed by atoms with Crippen LogP contribution in [-0.4, -0.2) is 54.0 Å². The predicted octanol–water partition coefficient (Wildman–Crippen LogP) is 5.16. The molecule has 1 saturated heterocycles. The van der Waals surface area contributed by atoms with Gasteiger partial charge in [-0.15, -0.1) is 5.10 Å². The molecular formula is C28H29N5O3S. The quantitative estimate of drug-likeness (QED) is 0.346. The van der Waals surface area contributed by atoms with E-state index < -0.39 is 5.97 Å². The topological polar surface area (TPSA) is 95.1 Å². The molecule has 1 N–H and O–H groups in total. The van der Waals surface area contributed by atoms with E-state index >= 15 is 0 Å². The van der Waals surface area contributed by atoms with E-state index in [1.54, 1.807) is 9.36 Å². The van der Waals surface area contributed by atoms with Crippen molar-refractivity contribution in [3.63, 3.8) is 0 Å². The Morgan fingerprint density at radius 1 is 1.16 bits per heavy atom. The van der Waals surface area contributed by atoms with Crippen LogP contribution in [0.2, 0.25) is 0 Å². The first-order valence-electron chi connectivity index (χ1n) is 12.7. The Hall–Kier alpha value is -3.59. The molecule has 1 aliphatic carbocycles. The first-order valence-corrected chi connectivity index (χ1v) is 13.8. The van der Waals surface area contributed by atoms with Crippen LogP contribution in [0.5, 0.6) is 5.75 Å². The number of aromatic nitrogens is 5. The average molecular weight is 516 g/mol. The molecule has 3 heterocycles.